The maximum absolute atomic E-state index is 10.9. The molecule has 0 radical (unpaired) electrons. The molecule has 1 saturated carbocycles. The zero-order valence-electron chi connectivity index (χ0n) is 6.09. The van der Waals surface area contributed by atoms with Gasteiger partial charge in [-0.15, -0.1) is 0 Å². The van der Waals surface area contributed by atoms with Crippen molar-refractivity contribution in [1.82, 2.24) is 0 Å². The van der Waals surface area contributed by atoms with Gasteiger partial charge in [0.25, 0.3) is 0 Å². The molecule has 0 aromatic rings. The van der Waals surface area contributed by atoms with Gasteiger partial charge in [0, 0.05) is 0 Å². The van der Waals surface area contributed by atoms with Crippen LogP contribution >= 0.6 is 0 Å². The first-order chi connectivity index (χ1) is 4.69. The molecular weight excluding hydrogens is 132 g/mol. The molecule has 0 unspecified atom stereocenters. The molecule has 0 atom stereocenters. The van der Waals surface area contributed by atoms with Gasteiger partial charge in [-0.3, -0.25) is 0 Å². The molecule has 0 saturated heterocycles. The number of ether oxygens (including phenoxy) is 1. The third kappa shape index (κ3) is 1.14. The van der Waals surface area contributed by atoms with Gasteiger partial charge in [0.15, 0.2) is 5.60 Å². The minimum absolute atomic E-state index is 0.481. The Kier molecular flexibility index (Phi) is 1.94. The number of aliphatic hydroxyl groups is 1. The Morgan fingerprint density at radius 2 is 2.00 bits per heavy atom. The predicted octanol–water partition coefficient (Wildman–Crippen LogP) is 0.464. The highest BCUT2D eigenvalue weighted by atomic mass is 16.5. The van der Waals surface area contributed by atoms with E-state index in [1.54, 1.807) is 0 Å². The van der Waals surface area contributed by atoms with Crippen LogP contribution in [-0.4, -0.2) is 23.8 Å². The molecule has 1 N–H and O–H groups in total. The van der Waals surface area contributed by atoms with Crippen molar-refractivity contribution in [2.24, 2.45) is 0 Å². The molecule has 0 heterocycles. The van der Waals surface area contributed by atoms with Gasteiger partial charge in [0.1, 0.15) is 0 Å². The average molecular weight is 144 g/mol. The number of esters is 1. The molecule has 1 fully saturated rings. The number of hydrogen-bond acceptors (Lipinski definition) is 3. The predicted molar refractivity (Wildman–Crippen MR) is 35.4 cm³/mol. The lowest BCUT2D eigenvalue weighted by molar-refractivity contribution is -0.161. The maximum atomic E-state index is 10.9. The van der Waals surface area contributed by atoms with E-state index in [0.717, 1.165) is 12.8 Å². The molecule has 0 amide bonds. The zero-order chi connectivity index (χ0) is 7.61. The Labute approximate surface area is 60.0 Å². The van der Waals surface area contributed by atoms with Crippen LogP contribution in [0.3, 0.4) is 0 Å². The first-order valence-electron chi connectivity index (χ1n) is 3.50. The summed E-state index contributed by atoms with van der Waals surface area (Å²) in [6.45, 7) is 0. The Morgan fingerprint density at radius 1 is 1.50 bits per heavy atom. The Balaban J connectivity index is 2.58. The van der Waals surface area contributed by atoms with E-state index in [1.807, 2.05) is 0 Å². The van der Waals surface area contributed by atoms with Crippen molar-refractivity contribution in [3.05, 3.63) is 0 Å². The SMILES string of the molecule is COC(=O)C1(O)CCCC1. The molecule has 0 aliphatic heterocycles. The van der Waals surface area contributed by atoms with Crippen molar-refractivity contribution in [1.29, 1.82) is 0 Å². The van der Waals surface area contributed by atoms with E-state index >= 15 is 0 Å². The van der Waals surface area contributed by atoms with Crippen molar-refractivity contribution < 1.29 is 14.6 Å². The molecule has 10 heavy (non-hydrogen) atoms. The van der Waals surface area contributed by atoms with Crippen LogP contribution in [0.2, 0.25) is 0 Å². The van der Waals surface area contributed by atoms with Crippen LogP contribution in [0.1, 0.15) is 25.7 Å². The molecule has 3 nitrogen and oxygen atoms in total. The largest absolute Gasteiger partial charge is 0.467 e. The van der Waals surface area contributed by atoms with E-state index in [4.69, 9.17) is 0 Å². The fraction of sp³-hybridized carbons (Fsp3) is 0.857. The first-order valence-corrected chi connectivity index (χ1v) is 3.50. The smallest absolute Gasteiger partial charge is 0.337 e. The Hall–Kier alpha value is -0.570. The molecule has 3 heteroatoms. The van der Waals surface area contributed by atoms with Gasteiger partial charge in [-0.25, -0.2) is 4.79 Å². The number of methoxy groups -OCH3 is 1. The van der Waals surface area contributed by atoms with Crippen molar-refractivity contribution in [3.63, 3.8) is 0 Å². The highest BCUT2D eigenvalue weighted by molar-refractivity contribution is 5.79. The molecule has 1 aliphatic carbocycles. The molecular formula is C7H12O3. The first kappa shape index (κ1) is 7.54. The molecule has 0 bridgehead atoms. The maximum Gasteiger partial charge on any atom is 0.337 e. The topological polar surface area (TPSA) is 46.5 Å². The zero-order valence-corrected chi connectivity index (χ0v) is 6.09. The van der Waals surface area contributed by atoms with Gasteiger partial charge in [0.05, 0.1) is 7.11 Å². The summed E-state index contributed by atoms with van der Waals surface area (Å²) in [6.07, 6.45) is 2.95. The summed E-state index contributed by atoms with van der Waals surface area (Å²) in [4.78, 5) is 10.9. The number of carbonyl (C=O) groups excluding carboxylic acids is 1. The van der Waals surface area contributed by atoms with E-state index in [-0.39, 0.29) is 0 Å². The van der Waals surface area contributed by atoms with Gasteiger partial charge in [-0.2, -0.15) is 0 Å². The molecule has 1 rings (SSSR count). The fourth-order valence-corrected chi connectivity index (χ4v) is 1.35. The van der Waals surface area contributed by atoms with Crippen LogP contribution in [-0.2, 0) is 9.53 Å². The summed E-state index contributed by atoms with van der Waals surface area (Å²) in [5.74, 6) is -0.481. The summed E-state index contributed by atoms with van der Waals surface area (Å²) < 4.78 is 4.45. The second-order valence-corrected chi connectivity index (χ2v) is 2.73. The summed E-state index contributed by atoms with van der Waals surface area (Å²) in [5, 5.41) is 9.49. The van der Waals surface area contributed by atoms with Crippen LogP contribution in [0.25, 0.3) is 0 Å². The third-order valence-corrected chi connectivity index (χ3v) is 2.00. The van der Waals surface area contributed by atoms with E-state index in [9.17, 15) is 9.90 Å². The second-order valence-electron chi connectivity index (χ2n) is 2.73. The lowest BCUT2D eigenvalue weighted by Gasteiger charge is -2.17. The Morgan fingerprint density at radius 3 is 2.40 bits per heavy atom. The van der Waals surface area contributed by atoms with Crippen molar-refractivity contribution in [2.45, 2.75) is 31.3 Å². The monoisotopic (exact) mass is 144 g/mol. The van der Waals surface area contributed by atoms with Crippen LogP contribution in [0.5, 0.6) is 0 Å². The summed E-state index contributed by atoms with van der Waals surface area (Å²) in [5.41, 5.74) is -1.16. The second kappa shape index (κ2) is 2.58. The van der Waals surface area contributed by atoms with E-state index < -0.39 is 11.6 Å². The van der Waals surface area contributed by atoms with Crippen molar-refractivity contribution in [3.8, 4) is 0 Å². The minimum Gasteiger partial charge on any atom is -0.467 e. The lowest BCUT2D eigenvalue weighted by Crippen LogP contribution is -2.36. The van der Waals surface area contributed by atoms with Crippen molar-refractivity contribution in [2.75, 3.05) is 7.11 Å². The average Bonchev–Trinajstić information content (AvgIpc) is 2.36. The summed E-state index contributed by atoms with van der Waals surface area (Å²) in [7, 11) is 1.30. The normalized spacial score (nSPS) is 22.6. The van der Waals surface area contributed by atoms with Gasteiger partial charge in [-0.05, 0) is 25.7 Å². The van der Waals surface area contributed by atoms with Crippen LogP contribution in [0, 0.1) is 0 Å². The van der Waals surface area contributed by atoms with E-state index in [2.05, 4.69) is 4.74 Å². The van der Waals surface area contributed by atoms with Crippen LogP contribution in [0.4, 0.5) is 0 Å². The van der Waals surface area contributed by atoms with Crippen molar-refractivity contribution >= 4 is 5.97 Å². The molecule has 0 aromatic carbocycles. The molecule has 0 aromatic heterocycles. The molecule has 1 aliphatic rings. The number of carbonyl (C=O) groups is 1. The number of rotatable bonds is 1. The number of hydrogen-bond donors (Lipinski definition) is 1. The van der Waals surface area contributed by atoms with E-state index in [0.29, 0.717) is 12.8 Å². The summed E-state index contributed by atoms with van der Waals surface area (Å²) in [6, 6.07) is 0. The summed E-state index contributed by atoms with van der Waals surface area (Å²) >= 11 is 0. The third-order valence-electron chi connectivity index (χ3n) is 2.00. The lowest BCUT2D eigenvalue weighted by atomic mass is 10.0. The molecule has 58 valence electrons. The molecule has 0 spiro atoms. The van der Waals surface area contributed by atoms with Gasteiger partial charge in [-0.1, -0.05) is 0 Å². The van der Waals surface area contributed by atoms with Crippen LogP contribution < -0.4 is 0 Å². The quantitative estimate of drug-likeness (QED) is 0.544. The van der Waals surface area contributed by atoms with Gasteiger partial charge >= 0.3 is 5.97 Å². The van der Waals surface area contributed by atoms with E-state index in [1.165, 1.54) is 7.11 Å². The van der Waals surface area contributed by atoms with Crippen LogP contribution in [0.15, 0.2) is 0 Å². The van der Waals surface area contributed by atoms with Gasteiger partial charge < -0.3 is 9.84 Å². The Bertz CT molecular complexity index is 136. The standard InChI is InChI=1S/C7H12O3/c1-10-6(8)7(9)4-2-3-5-7/h9H,2-5H2,1H3. The highest BCUT2D eigenvalue weighted by Crippen LogP contribution is 2.30. The highest BCUT2D eigenvalue weighted by Gasteiger charge is 2.39. The minimum atomic E-state index is -1.16. The fourth-order valence-electron chi connectivity index (χ4n) is 1.35. The van der Waals surface area contributed by atoms with Gasteiger partial charge in [0.2, 0.25) is 0 Å².